The number of unbranched alkanes of at least 4 members (excludes halogenated alkanes) is 2. The van der Waals surface area contributed by atoms with Crippen LogP contribution in [-0.2, 0) is 4.74 Å². The van der Waals surface area contributed by atoms with Crippen LogP contribution in [0.25, 0.3) is 0 Å². The summed E-state index contributed by atoms with van der Waals surface area (Å²) in [5.74, 6) is 0. The van der Waals surface area contributed by atoms with E-state index in [0.717, 1.165) is 45.4 Å². The molecule has 6 heteroatoms. The molecular weight excluding hydrogens is 255 g/mol. The maximum absolute atomic E-state index is 5.36. The second-order valence-electron chi connectivity index (χ2n) is 2.92. The van der Waals surface area contributed by atoms with Gasteiger partial charge in [-0.2, -0.15) is 0 Å². The molecule has 0 aliphatic rings. The zero-order valence-corrected chi connectivity index (χ0v) is 11.6. The second kappa shape index (κ2) is 16.8. The van der Waals surface area contributed by atoms with Crippen LogP contribution in [0.4, 0.5) is 0 Å². The number of hydrogen-bond acceptors (Lipinski definition) is 4. The smallest absolute Gasteiger partial charge is 0.160 e. The van der Waals surface area contributed by atoms with E-state index in [1.807, 2.05) is 7.05 Å². The van der Waals surface area contributed by atoms with E-state index in [1.54, 1.807) is 0 Å². The Morgan fingerprint density at radius 1 is 1.27 bits per heavy atom. The fraction of sp³-hybridized carbons (Fsp3) is 0.889. The molecule has 15 heavy (non-hydrogen) atoms. The van der Waals surface area contributed by atoms with Gasteiger partial charge in [-0.1, -0.05) is 0 Å². The molecule has 0 rings (SSSR count). The monoisotopic (exact) mass is 276 g/mol. The molecular formula is C9H22Cl2N2OS. The number of nitrogens with two attached hydrogens (primary N) is 1. The largest absolute Gasteiger partial charge is 0.487 e. The molecule has 0 aromatic carbocycles. The Morgan fingerprint density at radius 2 is 1.93 bits per heavy atom. The van der Waals surface area contributed by atoms with Crippen molar-refractivity contribution < 1.29 is 4.74 Å². The lowest BCUT2D eigenvalue weighted by atomic mass is 10.2. The SMILES string of the molecule is CNCCC(=S)OCCCCCN.Cl.Cl. The highest BCUT2D eigenvalue weighted by Crippen LogP contribution is 1.96. The van der Waals surface area contributed by atoms with Crippen LogP contribution in [-0.4, -0.2) is 31.8 Å². The summed E-state index contributed by atoms with van der Waals surface area (Å²) in [6.07, 6.45) is 4.08. The number of thiocarbonyl (C=S) groups is 1. The minimum Gasteiger partial charge on any atom is -0.487 e. The molecule has 0 atom stereocenters. The van der Waals surface area contributed by atoms with Gasteiger partial charge >= 0.3 is 0 Å². The summed E-state index contributed by atoms with van der Waals surface area (Å²) >= 11 is 5.01. The van der Waals surface area contributed by atoms with Gasteiger partial charge in [-0.3, -0.25) is 0 Å². The van der Waals surface area contributed by atoms with Crippen LogP contribution in [0, 0.1) is 0 Å². The van der Waals surface area contributed by atoms with E-state index in [1.165, 1.54) is 0 Å². The van der Waals surface area contributed by atoms with Crippen LogP contribution < -0.4 is 11.1 Å². The average Bonchev–Trinajstić information content (AvgIpc) is 2.14. The Bertz CT molecular complexity index is 139. The molecule has 3 nitrogen and oxygen atoms in total. The highest BCUT2D eigenvalue weighted by molar-refractivity contribution is 7.80. The Morgan fingerprint density at radius 3 is 2.47 bits per heavy atom. The van der Waals surface area contributed by atoms with Crippen molar-refractivity contribution in [3.63, 3.8) is 0 Å². The maximum Gasteiger partial charge on any atom is 0.160 e. The summed E-state index contributed by atoms with van der Waals surface area (Å²) in [7, 11) is 1.91. The van der Waals surface area contributed by atoms with Crippen molar-refractivity contribution >= 4 is 42.1 Å². The molecule has 0 radical (unpaired) electrons. The van der Waals surface area contributed by atoms with Crippen molar-refractivity contribution in [1.82, 2.24) is 5.32 Å². The van der Waals surface area contributed by atoms with Crippen LogP contribution in [0.15, 0.2) is 0 Å². The molecule has 0 aromatic rings. The van der Waals surface area contributed by atoms with Gasteiger partial charge in [0.05, 0.1) is 6.61 Å². The van der Waals surface area contributed by atoms with Gasteiger partial charge in [-0.15, -0.1) is 24.8 Å². The predicted molar refractivity (Wildman–Crippen MR) is 74.5 cm³/mol. The third-order valence-corrected chi connectivity index (χ3v) is 2.01. The molecule has 0 spiro atoms. The van der Waals surface area contributed by atoms with Gasteiger partial charge in [0.15, 0.2) is 5.05 Å². The van der Waals surface area contributed by atoms with E-state index in [0.29, 0.717) is 5.05 Å². The predicted octanol–water partition coefficient (Wildman–Crippen LogP) is 1.91. The lowest BCUT2D eigenvalue weighted by Gasteiger charge is -2.06. The van der Waals surface area contributed by atoms with Gasteiger partial charge < -0.3 is 15.8 Å². The molecule has 0 heterocycles. The quantitative estimate of drug-likeness (QED) is 0.525. The van der Waals surface area contributed by atoms with Gasteiger partial charge in [0.25, 0.3) is 0 Å². The first-order valence-corrected chi connectivity index (χ1v) is 5.22. The topological polar surface area (TPSA) is 47.3 Å². The summed E-state index contributed by atoms with van der Waals surface area (Å²) < 4.78 is 5.34. The molecule has 0 unspecified atom stereocenters. The first-order valence-electron chi connectivity index (χ1n) is 4.81. The lowest BCUT2D eigenvalue weighted by Crippen LogP contribution is -2.14. The summed E-state index contributed by atoms with van der Waals surface area (Å²) in [4.78, 5) is 0. The van der Waals surface area contributed by atoms with Gasteiger partial charge in [-0.05, 0) is 45.1 Å². The van der Waals surface area contributed by atoms with Gasteiger partial charge in [0, 0.05) is 13.0 Å². The van der Waals surface area contributed by atoms with E-state index >= 15 is 0 Å². The molecule has 0 bridgehead atoms. The molecule has 0 fully saturated rings. The van der Waals surface area contributed by atoms with Crippen LogP contribution in [0.5, 0.6) is 0 Å². The van der Waals surface area contributed by atoms with Crippen molar-refractivity contribution in [1.29, 1.82) is 0 Å². The van der Waals surface area contributed by atoms with E-state index in [4.69, 9.17) is 22.7 Å². The number of rotatable bonds is 8. The molecule has 3 N–H and O–H groups in total. The third kappa shape index (κ3) is 17.0. The minimum absolute atomic E-state index is 0. The van der Waals surface area contributed by atoms with E-state index in [9.17, 15) is 0 Å². The molecule has 0 aromatic heterocycles. The number of nitrogens with one attached hydrogen (secondary N) is 1. The van der Waals surface area contributed by atoms with Crippen molar-refractivity contribution in [3.8, 4) is 0 Å². The van der Waals surface area contributed by atoms with Gasteiger partial charge in [0.2, 0.25) is 0 Å². The lowest BCUT2D eigenvalue weighted by molar-refractivity contribution is 0.293. The highest BCUT2D eigenvalue weighted by Gasteiger charge is 1.96. The van der Waals surface area contributed by atoms with Crippen molar-refractivity contribution in [2.75, 3.05) is 26.7 Å². The van der Waals surface area contributed by atoms with E-state index < -0.39 is 0 Å². The van der Waals surface area contributed by atoms with Crippen molar-refractivity contribution in [2.45, 2.75) is 25.7 Å². The van der Waals surface area contributed by atoms with Crippen LogP contribution in [0.1, 0.15) is 25.7 Å². The Hall–Kier alpha value is 0.390. The fourth-order valence-electron chi connectivity index (χ4n) is 0.908. The number of ether oxygens (including phenoxy) is 1. The molecule has 0 amide bonds. The van der Waals surface area contributed by atoms with Crippen LogP contribution in [0.3, 0.4) is 0 Å². The van der Waals surface area contributed by atoms with E-state index in [-0.39, 0.29) is 24.8 Å². The Kier molecular flexibility index (Phi) is 23.3. The second-order valence-corrected chi connectivity index (χ2v) is 3.38. The van der Waals surface area contributed by atoms with Gasteiger partial charge in [-0.25, -0.2) is 0 Å². The first kappa shape index (κ1) is 20.8. The van der Waals surface area contributed by atoms with Gasteiger partial charge in [0.1, 0.15) is 0 Å². The number of halogens is 2. The Balaban J connectivity index is -0.000000720. The maximum atomic E-state index is 5.36. The molecule has 0 saturated heterocycles. The molecule has 94 valence electrons. The molecule has 0 saturated carbocycles. The zero-order chi connectivity index (χ0) is 9.94. The Labute approximate surface area is 110 Å². The minimum atomic E-state index is 0. The standard InChI is InChI=1S/C9H20N2OS.2ClH/c1-11-7-5-9(13)12-8-4-2-3-6-10;;/h11H,2-8,10H2,1H3;2*1H. The molecule has 0 aliphatic carbocycles. The normalized spacial score (nSPS) is 8.67. The fourth-order valence-corrected chi connectivity index (χ4v) is 1.09. The summed E-state index contributed by atoms with van der Waals surface area (Å²) in [6, 6.07) is 0. The number of hydrogen-bond donors (Lipinski definition) is 2. The third-order valence-electron chi connectivity index (χ3n) is 1.69. The summed E-state index contributed by atoms with van der Waals surface area (Å²) in [6.45, 7) is 2.40. The zero-order valence-electron chi connectivity index (χ0n) is 9.16. The van der Waals surface area contributed by atoms with Crippen molar-refractivity contribution in [2.24, 2.45) is 5.73 Å². The first-order chi connectivity index (χ1) is 6.31. The van der Waals surface area contributed by atoms with Crippen LogP contribution in [0.2, 0.25) is 0 Å². The van der Waals surface area contributed by atoms with Crippen molar-refractivity contribution in [3.05, 3.63) is 0 Å². The molecule has 0 aliphatic heterocycles. The average molecular weight is 277 g/mol. The summed E-state index contributed by atoms with van der Waals surface area (Å²) in [5.41, 5.74) is 5.36. The summed E-state index contributed by atoms with van der Waals surface area (Å²) in [5, 5.41) is 3.74. The highest BCUT2D eigenvalue weighted by atomic mass is 35.5. The van der Waals surface area contributed by atoms with Crippen LogP contribution >= 0.6 is 37.0 Å². The van der Waals surface area contributed by atoms with E-state index in [2.05, 4.69) is 5.32 Å².